The highest BCUT2D eigenvalue weighted by atomic mass is 35.5. The Kier molecular flexibility index (Phi) is 5.88. The first-order valence-electron chi connectivity index (χ1n) is 9.07. The van der Waals surface area contributed by atoms with Gasteiger partial charge in [-0.2, -0.15) is 0 Å². The number of carbonyl (C=O) groups excluding carboxylic acids is 1. The van der Waals surface area contributed by atoms with Gasteiger partial charge in [0, 0.05) is 5.02 Å². The molecule has 0 saturated heterocycles. The zero-order valence-electron chi connectivity index (χ0n) is 15.6. The molecule has 4 aromatic rings. The van der Waals surface area contributed by atoms with Crippen LogP contribution < -0.4 is 10.1 Å². The molecule has 4 rings (SSSR count). The van der Waals surface area contributed by atoms with E-state index in [1.807, 2.05) is 24.3 Å². The molecule has 1 heterocycles. The summed E-state index contributed by atoms with van der Waals surface area (Å²) in [5.74, 6) is 0.109. The van der Waals surface area contributed by atoms with Crippen LogP contribution in [0.2, 0.25) is 10.0 Å². The summed E-state index contributed by atoms with van der Waals surface area (Å²) >= 11 is 12.1. The van der Waals surface area contributed by atoms with Crippen molar-refractivity contribution in [1.29, 1.82) is 0 Å². The van der Waals surface area contributed by atoms with Crippen LogP contribution in [0.5, 0.6) is 5.75 Å². The highest BCUT2D eigenvalue weighted by Crippen LogP contribution is 2.28. The van der Waals surface area contributed by atoms with Gasteiger partial charge in [-0.05, 0) is 42.5 Å². The van der Waals surface area contributed by atoms with Gasteiger partial charge >= 0.3 is 0 Å². The molecule has 0 saturated carbocycles. The van der Waals surface area contributed by atoms with Crippen LogP contribution in [0.4, 0.5) is 10.1 Å². The minimum absolute atomic E-state index is 0.0537. The maximum absolute atomic E-state index is 13.9. The monoisotopic (exact) mass is 443 g/mol. The molecular weight excluding hydrogens is 428 g/mol. The zero-order chi connectivity index (χ0) is 21.1. The predicted molar refractivity (Wildman–Crippen MR) is 116 cm³/mol. The molecule has 0 atom stereocenters. The fraction of sp³-hybridized carbons (Fsp3) is 0.0909. The number of benzene rings is 3. The molecular formula is C22H16Cl2FN3O2. The predicted octanol–water partition coefficient (Wildman–Crippen LogP) is 5.70. The summed E-state index contributed by atoms with van der Waals surface area (Å²) in [6.45, 7) is 0.0326. The van der Waals surface area contributed by atoms with E-state index in [4.69, 9.17) is 27.9 Å². The van der Waals surface area contributed by atoms with Crippen LogP contribution in [-0.2, 0) is 17.9 Å². The number of para-hydroxylation sites is 3. The smallest absolute Gasteiger partial charge is 0.244 e. The van der Waals surface area contributed by atoms with E-state index in [2.05, 4.69) is 10.3 Å². The average Bonchev–Trinajstić information content (AvgIpc) is 3.06. The molecule has 1 aromatic heterocycles. The van der Waals surface area contributed by atoms with Crippen LogP contribution in [0, 0.1) is 5.82 Å². The normalized spacial score (nSPS) is 10.9. The maximum Gasteiger partial charge on any atom is 0.244 e. The van der Waals surface area contributed by atoms with Crippen molar-refractivity contribution >= 4 is 45.8 Å². The van der Waals surface area contributed by atoms with Crippen molar-refractivity contribution in [1.82, 2.24) is 9.55 Å². The van der Waals surface area contributed by atoms with Crippen molar-refractivity contribution < 1.29 is 13.9 Å². The van der Waals surface area contributed by atoms with E-state index in [0.29, 0.717) is 21.6 Å². The van der Waals surface area contributed by atoms with Crippen molar-refractivity contribution in [2.24, 2.45) is 0 Å². The molecule has 30 heavy (non-hydrogen) atoms. The fourth-order valence-electron chi connectivity index (χ4n) is 3.04. The topological polar surface area (TPSA) is 56.2 Å². The van der Waals surface area contributed by atoms with E-state index in [1.165, 1.54) is 12.1 Å². The van der Waals surface area contributed by atoms with E-state index in [-0.39, 0.29) is 24.7 Å². The third-order valence-electron chi connectivity index (χ3n) is 4.43. The maximum atomic E-state index is 13.9. The average molecular weight is 444 g/mol. The van der Waals surface area contributed by atoms with Gasteiger partial charge in [-0.1, -0.05) is 47.5 Å². The number of hydrogen-bond donors (Lipinski definition) is 1. The second-order valence-electron chi connectivity index (χ2n) is 6.49. The van der Waals surface area contributed by atoms with E-state index in [0.717, 1.165) is 11.0 Å². The molecule has 0 fully saturated rings. The number of hydrogen-bond acceptors (Lipinski definition) is 3. The minimum atomic E-state index is -0.498. The Labute approximate surface area is 182 Å². The van der Waals surface area contributed by atoms with E-state index in [9.17, 15) is 9.18 Å². The summed E-state index contributed by atoms with van der Waals surface area (Å²) in [6.07, 6.45) is 0. The van der Waals surface area contributed by atoms with Crippen LogP contribution in [0.3, 0.4) is 0 Å². The molecule has 0 spiro atoms. The van der Waals surface area contributed by atoms with Gasteiger partial charge in [-0.25, -0.2) is 9.37 Å². The lowest BCUT2D eigenvalue weighted by atomic mass is 10.3. The first-order chi connectivity index (χ1) is 14.5. The quantitative estimate of drug-likeness (QED) is 0.415. The Morgan fingerprint density at radius 1 is 1.07 bits per heavy atom. The number of amides is 1. The van der Waals surface area contributed by atoms with Crippen molar-refractivity contribution in [2.45, 2.75) is 13.2 Å². The lowest BCUT2D eigenvalue weighted by Gasteiger charge is -2.12. The first-order valence-corrected chi connectivity index (χ1v) is 9.83. The Balaban J connectivity index is 1.58. The Morgan fingerprint density at radius 2 is 1.83 bits per heavy atom. The van der Waals surface area contributed by atoms with Crippen LogP contribution >= 0.6 is 23.2 Å². The number of anilines is 1. The van der Waals surface area contributed by atoms with E-state index in [1.54, 1.807) is 34.9 Å². The van der Waals surface area contributed by atoms with Gasteiger partial charge in [0.2, 0.25) is 5.91 Å². The summed E-state index contributed by atoms with van der Waals surface area (Å²) < 4.78 is 21.4. The van der Waals surface area contributed by atoms with Gasteiger partial charge in [-0.15, -0.1) is 0 Å². The molecule has 0 bridgehead atoms. The van der Waals surface area contributed by atoms with Gasteiger partial charge in [0.15, 0.2) is 0 Å². The summed E-state index contributed by atoms with van der Waals surface area (Å²) in [6, 6.07) is 18.4. The summed E-state index contributed by atoms with van der Waals surface area (Å²) in [5, 5.41) is 3.47. The van der Waals surface area contributed by atoms with Crippen LogP contribution in [0.25, 0.3) is 11.0 Å². The molecule has 5 nitrogen and oxygen atoms in total. The number of ether oxygens (including phenoxy) is 1. The van der Waals surface area contributed by atoms with Gasteiger partial charge in [0.1, 0.15) is 30.5 Å². The third kappa shape index (κ3) is 4.40. The van der Waals surface area contributed by atoms with Crippen LogP contribution in [-0.4, -0.2) is 15.5 Å². The highest BCUT2D eigenvalue weighted by molar-refractivity contribution is 6.35. The first kappa shape index (κ1) is 20.2. The molecule has 8 heteroatoms. The zero-order valence-corrected chi connectivity index (χ0v) is 17.1. The van der Waals surface area contributed by atoms with Crippen molar-refractivity contribution in [3.05, 3.63) is 88.4 Å². The minimum Gasteiger partial charge on any atom is -0.484 e. The Morgan fingerprint density at radius 3 is 2.63 bits per heavy atom. The number of imidazole rings is 1. The molecule has 1 N–H and O–H groups in total. The third-order valence-corrected chi connectivity index (χ3v) is 4.96. The van der Waals surface area contributed by atoms with Crippen molar-refractivity contribution in [2.75, 3.05) is 5.32 Å². The van der Waals surface area contributed by atoms with E-state index >= 15 is 0 Å². The number of halogens is 3. The molecule has 152 valence electrons. The van der Waals surface area contributed by atoms with Gasteiger partial charge in [-0.3, -0.25) is 4.79 Å². The lowest BCUT2D eigenvalue weighted by molar-refractivity contribution is -0.116. The van der Waals surface area contributed by atoms with Gasteiger partial charge < -0.3 is 14.6 Å². The number of carbonyl (C=O) groups is 1. The Hall–Kier alpha value is -3.09. The SMILES string of the molecule is O=C(Cn1c(COc2ccc(Cl)cc2Cl)nc2ccccc21)Nc1ccccc1F. The Bertz CT molecular complexity index is 1230. The second-order valence-corrected chi connectivity index (χ2v) is 7.34. The number of nitrogens with zero attached hydrogens (tertiary/aromatic N) is 2. The molecule has 0 aliphatic rings. The standard InChI is InChI=1S/C22H16Cl2FN3O2/c23-14-9-10-20(15(24)11-14)30-13-21-26-18-7-3-4-8-19(18)28(21)12-22(29)27-17-6-2-1-5-16(17)25/h1-11H,12-13H2,(H,27,29). The lowest BCUT2D eigenvalue weighted by Crippen LogP contribution is -2.21. The van der Waals surface area contributed by atoms with Gasteiger partial charge in [0.25, 0.3) is 0 Å². The highest BCUT2D eigenvalue weighted by Gasteiger charge is 2.16. The number of nitrogens with one attached hydrogen (secondary N) is 1. The summed E-state index contributed by atoms with van der Waals surface area (Å²) in [7, 11) is 0. The van der Waals surface area contributed by atoms with Gasteiger partial charge in [0.05, 0.1) is 21.7 Å². The number of fused-ring (bicyclic) bond motifs is 1. The molecule has 1 amide bonds. The van der Waals surface area contributed by atoms with Crippen molar-refractivity contribution in [3.63, 3.8) is 0 Å². The van der Waals surface area contributed by atoms with Crippen LogP contribution in [0.15, 0.2) is 66.7 Å². The summed E-state index contributed by atoms with van der Waals surface area (Å²) in [4.78, 5) is 17.2. The molecule has 0 radical (unpaired) electrons. The van der Waals surface area contributed by atoms with Crippen molar-refractivity contribution in [3.8, 4) is 5.75 Å². The molecule has 0 aliphatic heterocycles. The second kappa shape index (κ2) is 8.73. The largest absolute Gasteiger partial charge is 0.484 e. The molecule has 3 aromatic carbocycles. The fourth-order valence-corrected chi connectivity index (χ4v) is 3.51. The molecule has 0 aliphatic carbocycles. The summed E-state index contributed by atoms with van der Waals surface area (Å²) in [5.41, 5.74) is 1.61. The number of aromatic nitrogens is 2. The number of rotatable bonds is 6. The molecule has 0 unspecified atom stereocenters. The van der Waals surface area contributed by atoms with Crippen LogP contribution in [0.1, 0.15) is 5.82 Å². The van der Waals surface area contributed by atoms with E-state index < -0.39 is 5.82 Å².